The van der Waals surface area contributed by atoms with E-state index < -0.39 is 0 Å². The molecule has 1 aliphatic heterocycles. The second-order valence-corrected chi connectivity index (χ2v) is 7.62. The Kier molecular flexibility index (Phi) is 5.36. The molecular weight excluding hydrogens is 348 g/mol. The van der Waals surface area contributed by atoms with Gasteiger partial charge in [-0.25, -0.2) is 4.68 Å². The molecule has 0 N–H and O–H groups in total. The van der Waals surface area contributed by atoms with Crippen molar-refractivity contribution in [1.82, 2.24) is 19.6 Å². The van der Waals surface area contributed by atoms with Crippen molar-refractivity contribution in [2.75, 3.05) is 25.2 Å². The largest absolute Gasteiger partial charge is 0.340 e. The van der Waals surface area contributed by atoms with Crippen LogP contribution in [0.3, 0.4) is 0 Å². The third-order valence-electron chi connectivity index (χ3n) is 4.76. The van der Waals surface area contributed by atoms with Gasteiger partial charge in [-0.15, -0.1) is 11.8 Å². The number of thioether (sulfide) groups is 1. The zero-order valence-corrected chi connectivity index (χ0v) is 16.5. The lowest BCUT2D eigenvalue weighted by Gasteiger charge is -2.21. The van der Waals surface area contributed by atoms with Gasteiger partial charge in [-0.3, -0.25) is 9.59 Å². The highest BCUT2D eigenvalue weighted by atomic mass is 32.2. The van der Waals surface area contributed by atoms with Gasteiger partial charge in [0.15, 0.2) is 0 Å². The Labute approximate surface area is 158 Å². The second-order valence-electron chi connectivity index (χ2n) is 6.67. The maximum absolute atomic E-state index is 12.5. The summed E-state index contributed by atoms with van der Waals surface area (Å²) in [6, 6.07) is 8.12. The summed E-state index contributed by atoms with van der Waals surface area (Å²) >= 11 is 1.55. The van der Waals surface area contributed by atoms with Crippen LogP contribution in [-0.4, -0.2) is 56.6 Å². The van der Waals surface area contributed by atoms with Gasteiger partial charge in [-0.05, 0) is 32.4 Å². The minimum Gasteiger partial charge on any atom is -0.340 e. The van der Waals surface area contributed by atoms with Crippen molar-refractivity contribution in [3.63, 3.8) is 0 Å². The van der Waals surface area contributed by atoms with E-state index in [1.54, 1.807) is 28.6 Å². The quantitative estimate of drug-likeness (QED) is 0.808. The van der Waals surface area contributed by atoms with Crippen LogP contribution in [0.15, 0.2) is 24.3 Å². The van der Waals surface area contributed by atoms with E-state index in [4.69, 9.17) is 0 Å². The number of hydrogen-bond acceptors (Lipinski definition) is 4. The molecule has 138 valence electrons. The van der Waals surface area contributed by atoms with E-state index in [0.717, 1.165) is 28.2 Å². The number of benzene rings is 1. The predicted octanol–water partition coefficient (Wildman–Crippen LogP) is 2.29. The molecule has 6 nitrogen and oxygen atoms in total. The van der Waals surface area contributed by atoms with Gasteiger partial charge >= 0.3 is 0 Å². The van der Waals surface area contributed by atoms with Crippen LogP contribution < -0.4 is 0 Å². The topological polar surface area (TPSA) is 58.4 Å². The molecule has 0 atom stereocenters. The number of hydrogen-bond donors (Lipinski definition) is 0. The fraction of sp³-hybridized carbons (Fsp3) is 0.421. The molecule has 0 saturated carbocycles. The van der Waals surface area contributed by atoms with E-state index in [1.807, 2.05) is 36.7 Å². The highest BCUT2D eigenvalue weighted by Gasteiger charge is 2.25. The molecule has 1 aromatic heterocycles. The molecule has 0 spiro atoms. The van der Waals surface area contributed by atoms with Crippen LogP contribution in [0.2, 0.25) is 0 Å². The average Bonchev–Trinajstić information content (AvgIpc) is 3.13. The molecule has 1 aliphatic rings. The van der Waals surface area contributed by atoms with Crippen molar-refractivity contribution >= 4 is 23.6 Å². The number of rotatable bonds is 5. The Balaban J connectivity index is 1.76. The third-order valence-corrected chi connectivity index (χ3v) is 5.70. The lowest BCUT2D eigenvalue weighted by Crippen LogP contribution is -2.39. The van der Waals surface area contributed by atoms with Crippen molar-refractivity contribution in [2.24, 2.45) is 0 Å². The fourth-order valence-electron chi connectivity index (χ4n) is 3.09. The molecule has 0 bridgehead atoms. The molecule has 3 rings (SSSR count). The average molecular weight is 372 g/mol. The van der Waals surface area contributed by atoms with E-state index in [0.29, 0.717) is 18.2 Å². The molecule has 26 heavy (non-hydrogen) atoms. The van der Waals surface area contributed by atoms with Gasteiger partial charge in [0, 0.05) is 24.8 Å². The summed E-state index contributed by atoms with van der Waals surface area (Å²) in [4.78, 5) is 27.5. The number of aromatic nitrogens is 2. The summed E-state index contributed by atoms with van der Waals surface area (Å²) in [6.45, 7) is 6.69. The maximum atomic E-state index is 12.5. The number of para-hydroxylation sites is 1. The summed E-state index contributed by atoms with van der Waals surface area (Å²) in [6.07, 6.45) is 0. The van der Waals surface area contributed by atoms with Gasteiger partial charge in [0.05, 0.1) is 23.0 Å². The van der Waals surface area contributed by atoms with Gasteiger partial charge in [0.25, 0.3) is 0 Å². The number of likely N-dealkylation sites (N-methyl/N-ethyl adjacent to an activating group) is 1. The first-order chi connectivity index (χ1) is 12.4. The van der Waals surface area contributed by atoms with Crippen LogP contribution in [0, 0.1) is 20.8 Å². The van der Waals surface area contributed by atoms with E-state index >= 15 is 0 Å². The molecule has 1 saturated heterocycles. The minimum absolute atomic E-state index is 0.0384. The third kappa shape index (κ3) is 3.62. The SMILES string of the molecule is Cc1ccccc1-n1nc(C)c(CN(C)C(=O)CN2CSCC2=O)c1C. The zero-order valence-electron chi connectivity index (χ0n) is 15.7. The number of aryl methyl sites for hydroxylation is 2. The van der Waals surface area contributed by atoms with Crippen molar-refractivity contribution in [1.29, 1.82) is 0 Å². The van der Waals surface area contributed by atoms with E-state index in [1.165, 1.54) is 0 Å². The van der Waals surface area contributed by atoms with Crippen LogP contribution in [0.1, 0.15) is 22.5 Å². The van der Waals surface area contributed by atoms with Gasteiger partial charge in [-0.1, -0.05) is 18.2 Å². The van der Waals surface area contributed by atoms with E-state index in [-0.39, 0.29) is 18.4 Å². The van der Waals surface area contributed by atoms with E-state index in [9.17, 15) is 9.59 Å². The standard InChI is InChI=1S/C19H24N4O2S/c1-13-7-5-6-8-17(13)23-15(3)16(14(2)20-23)9-21(4)18(24)10-22-12-26-11-19(22)25/h5-8H,9-12H2,1-4H3. The molecule has 1 fully saturated rings. The number of carbonyl (C=O) groups excluding carboxylic acids is 2. The second kappa shape index (κ2) is 7.53. The first kappa shape index (κ1) is 18.5. The highest BCUT2D eigenvalue weighted by molar-refractivity contribution is 8.00. The van der Waals surface area contributed by atoms with Crippen LogP contribution in [-0.2, 0) is 16.1 Å². The summed E-state index contributed by atoms with van der Waals surface area (Å²) < 4.78 is 1.94. The summed E-state index contributed by atoms with van der Waals surface area (Å²) in [5.41, 5.74) is 5.20. The van der Waals surface area contributed by atoms with Crippen molar-refractivity contribution in [2.45, 2.75) is 27.3 Å². The summed E-state index contributed by atoms with van der Waals surface area (Å²) in [5, 5.41) is 4.68. The molecule has 1 aromatic carbocycles. The molecule has 2 amide bonds. The number of amides is 2. The number of carbonyl (C=O) groups is 2. The first-order valence-corrected chi connectivity index (χ1v) is 9.74. The van der Waals surface area contributed by atoms with E-state index in [2.05, 4.69) is 18.1 Å². The number of nitrogens with zero attached hydrogens (tertiary/aromatic N) is 4. The molecule has 2 aromatic rings. The van der Waals surface area contributed by atoms with Gasteiger partial charge < -0.3 is 9.80 Å². The molecule has 7 heteroatoms. The Hall–Kier alpha value is -2.28. The predicted molar refractivity (Wildman–Crippen MR) is 103 cm³/mol. The van der Waals surface area contributed by atoms with Crippen molar-refractivity contribution in [3.05, 3.63) is 46.8 Å². The van der Waals surface area contributed by atoms with Gasteiger partial charge in [0.2, 0.25) is 11.8 Å². The normalized spacial score (nSPS) is 14.2. The van der Waals surface area contributed by atoms with Crippen molar-refractivity contribution < 1.29 is 9.59 Å². The summed E-state index contributed by atoms with van der Waals surface area (Å²) in [5.74, 6) is 1.06. The molecule has 2 heterocycles. The Morgan fingerprint density at radius 2 is 2.00 bits per heavy atom. The molecule has 0 aliphatic carbocycles. The monoisotopic (exact) mass is 372 g/mol. The van der Waals surface area contributed by atoms with Gasteiger partial charge in [-0.2, -0.15) is 5.10 Å². The smallest absolute Gasteiger partial charge is 0.242 e. The van der Waals surface area contributed by atoms with Crippen LogP contribution >= 0.6 is 11.8 Å². The first-order valence-electron chi connectivity index (χ1n) is 8.59. The molecule has 0 unspecified atom stereocenters. The molecular formula is C19H24N4O2S. The van der Waals surface area contributed by atoms with Crippen molar-refractivity contribution in [3.8, 4) is 5.69 Å². The molecule has 0 radical (unpaired) electrons. The zero-order chi connectivity index (χ0) is 18.8. The van der Waals surface area contributed by atoms with Crippen LogP contribution in [0.4, 0.5) is 0 Å². The van der Waals surface area contributed by atoms with Crippen LogP contribution in [0.25, 0.3) is 5.69 Å². The maximum Gasteiger partial charge on any atom is 0.242 e. The van der Waals surface area contributed by atoms with Crippen LogP contribution in [0.5, 0.6) is 0 Å². The summed E-state index contributed by atoms with van der Waals surface area (Å²) in [7, 11) is 1.78. The van der Waals surface area contributed by atoms with Gasteiger partial charge in [0.1, 0.15) is 6.54 Å². The Morgan fingerprint density at radius 3 is 2.65 bits per heavy atom. The lowest BCUT2D eigenvalue weighted by molar-refractivity contribution is -0.137. The Bertz CT molecular complexity index is 846. The minimum atomic E-state index is -0.0525. The Morgan fingerprint density at radius 1 is 1.27 bits per heavy atom. The lowest BCUT2D eigenvalue weighted by atomic mass is 10.1. The fourth-order valence-corrected chi connectivity index (χ4v) is 3.99. The highest BCUT2D eigenvalue weighted by Crippen LogP contribution is 2.22.